The summed E-state index contributed by atoms with van der Waals surface area (Å²) in [5.41, 5.74) is 1.12. The molecule has 6 rings (SSSR count). The van der Waals surface area contributed by atoms with Gasteiger partial charge in [-0.05, 0) is 86.4 Å². The second-order valence-electron chi connectivity index (χ2n) is 15.1. The fourth-order valence-electron chi connectivity index (χ4n) is 6.67. The Morgan fingerprint density at radius 3 is 2.29 bits per heavy atom. The van der Waals surface area contributed by atoms with E-state index in [-0.39, 0.29) is 60.9 Å². The summed E-state index contributed by atoms with van der Waals surface area (Å²) in [6, 6.07) is 13.1. The number of aryl methyl sites for hydroxylation is 1. The second kappa shape index (κ2) is 19.3. The van der Waals surface area contributed by atoms with Crippen LogP contribution in [0.25, 0.3) is 0 Å². The zero-order valence-corrected chi connectivity index (χ0v) is 32.8. The highest BCUT2D eigenvalue weighted by Crippen LogP contribution is 2.30. The number of ether oxygens (including phenoxy) is 2. The number of methoxy groups -OCH3 is 1. The first-order chi connectivity index (χ1) is 26.8. The lowest BCUT2D eigenvalue weighted by Crippen LogP contribution is -2.58. The maximum atomic E-state index is 14.2. The second-order valence-corrected chi connectivity index (χ2v) is 15.1. The van der Waals surface area contributed by atoms with Crippen LogP contribution in [0.1, 0.15) is 68.4 Å². The fraction of sp³-hybridized carbons (Fsp3) is 0.476. The molecule has 3 aromatic rings. The van der Waals surface area contributed by atoms with Crippen molar-refractivity contribution in [2.75, 3.05) is 26.8 Å². The van der Waals surface area contributed by atoms with Crippen LogP contribution < -0.4 is 36.3 Å². The zero-order chi connectivity index (χ0) is 40.4. The molecule has 14 nitrogen and oxygen atoms in total. The van der Waals surface area contributed by atoms with E-state index in [0.29, 0.717) is 42.1 Å². The molecule has 56 heavy (non-hydrogen) atoms. The molecule has 5 amide bonds. The number of hydrogen-bond acceptors (Lipinski definition) is 8. The highest BCUT2D eigenvalue weighted by molar-refractivity contribution is 5.99. The molecule has 0 saturated heterocycles. The van der Waals surface area contributed by atoms with E-state index in [9.17, 15) is 28.8 Å². The Bertz CT molecular complexity index is 1910. The van der Waals surface area contributed by atoms with Crippen molar-refractivity contribution in [3.63, 3.8) is 0 Å². The molecule has 3 aliphatic rings. The van der Waals surface area contributed by atoms with Gasteiger partial charge < -0.3 is 40.2 Å². The molecule has 4 atom stereocenters. The van der Waals surface area contributed by atoms with Gasteiger partial charge in [-0.1, -0.05) is 38.1 Å². The summed E-state index contributed by atoms with van der Waals surface area (Å²) in [7, 11) is 1.54. The van der Waals surface area contributed by atoms with Gasteiger partial charge in [0.25, 0.3) is 11.5 Å². The maximum absolute atomic E-state index is 14.2. The third kappa shape index (κ3) is 11.9. The maximum Gasteiger partial charge on any atom is 0.252 e. The summed E-state index contributed by atoms with van der Waals surface area (Å²) < 4.78 is 12.8. The lowest BCUT2D eigenvalue weighted by molar-refractivity contribution is -0.140. The first-order valence-electron chi connectivity index (χ1n) is 19.4. The lowest BCUT2D eigenvalue weighted by Gasteiger charge is -2.29. The Balaban J connectivity index is 1.49. The van der Waals surface area contributed by atoms with Crippen LogP contribution in [0.3, 0.4) is 0 Å². The molecule has 1 aromatic heterocycles. The predicted octanol–water partition coefficient (Wildman–Crippen LogP) is 2.61. The molecule has 1 aliphatic carbocycles. The van der Waals surface area contributed by atoms with E-state index in [0.717, 1.165) is 12.8 Å². The Labute approximate surface area is 327 Å². The van der Waals surface area contributed by atoms with Crippen molar-refractivity contribution in [3.8, 4) is 11.5 Å². The van der Waals surface area contributed by atoms with Gasteiger partial charge in [0.2, 0.25) is 23.6 Å². The number of aromatic nitrogens is 1. The Hall–Kier alpha value is -5.66. The first kappa shape index (κ1) is 41.5. The Kier molecular flexibility index (Phi) is 14.3. The first-order valence-corrected chi connectivity index (χ1v) is 19.4. The average Bonchev–Trinajstić information content (AvgIpc) is 4.00. The molecule has 2 bridgehead atoms. The minimum Gasteiger partial charge on any atom is -0.497 e. The van der Waals surface area contributed by atoms with Crippen LogP contribution in [0.15, 0.2) is 71.7 Å². The molecule has 2 aromatic carbocycles. The van der Waals surface area contributed by atoms with Gasteiger partial charge in [0.05, 0.1) is 19.7 Å². The lowest BCUT2D eigenvalue weighted by atomic mass is 10.0. The predicted molar refractivity (Wildman–Crippen MR) is 210 cm³/mol. The highest BCUT2D eigenvalue weighted by atomic mass is 16.5. The quantitative estimate of drug-likeness (QED) is 0.228. The number of nitrogens with zero attached hydrogens (tertiary/aromatic N) is 2. The van der Waals surface area contributed by atoms with E-state index in [1.165, 1.54) is 27.8 Å². The summed E-state index contributed by atoms with van der Waals surface area (Å²) in [6.45, 7) is 8.30. The van der Waals surface area contributed by atoms with E-state index in [2.05, 4.69) is 35.1 Å². The van der Waals surface area contributed by atoms with E-state index in [1.54, 1.807) is 62.6 Å². The van der Waals surface area contributed by atoms with Crippen molar-refractivity contribution in [2.45, 2.75) is 90.5 Å². The number of rotatable bonds is 10. The average molecular weight is 771 g/mol. The highest BCUT2D eigenvalue weighted by Gasteiger charge is 2.34. The monoisotopic (exact) mass is 770 g/mol. The van der Waals surface area contributed by atoms with Gasteiger partial charge in [0.1, 0.15) is 36.2 Å². The van der Waals surface area contributed by atoms with Crippen LogP contribution in [0.5, 0.6) is 11.5 Å². The molecule has 3 heterocycles. The zero-order valence-electron chi connectivity index (χ0n) is 32.8. The van der Waals surface area contributed by atoms with Crippen LogP contribution in [0.2, 0.25) is 0 Å². The van der Waals surface area contributed by atoms with Gasteiger partial charge >= 0.3 is 0 Å². The molecule has 1 saturated carbocycles. The van der Waals surface area contributed by atoms with Crippen LogP contribution in [0, 0.1) is 11.8 Å². The number of nitrogens with one attached hydrogen (secondary N) is 4. The minimum atomic E-state index is -1.17. The normalized spacial score (nSPS) is 21.4. The number of pyridine rings is 1. The number of hydrogen-bond donors (Lipinski definition) is 4. The summed E-state index contributed by atoms with van der Waals surface area (Å²) >= 11 is 0. The molecule has 300 valence electrons. The van der Waals surface area contributed by atoms with E-state index >= 15 is 0 Å². The molecule has 1 fully saturated rings. The largest absolute Gasteiger partial charge is 0.497 e. The van der Waals surface area contributed by atoms with Gasteiger partial charge in [-0.15, -0.1) is 0 Å². The van der Waals surface area contributed by atoms with Crippen molar-refractivity contribution in [1.82, 2.24) is 30.7 Å². The summed E-state index contributed by atoms with van der Waals surface area (Å²) in [6.07, 6.45) is 4.15. The van der Waals surface area contributed by atoms with E-state index < -0.39 is 41.8 Å². The Morgan fingerprint density at radius 2 is 1.66 bits per heavy atom. The van der Waals surface area contributed by atoms with Crippen molar-refractivity contribution in [1.29, 1.82) is 0 Å². The van der Waals surface area contributed by atoms with Gasteiger partial charge in [0.15, 0.2) is 0 Å². The smallest absolute Gasteiger partial charge is 0.252 e. The third-order valence-corrected chi connectivity index (χ3v) is 9.94. The van der Waals surface area contributed by atoms with Crippen molar-refractivity contribution in [3.05, 3.63) is 93.9 Å². The molecule has 2 aliphatic heterocycles. The molecule has 4 N–H and O–H groups in total. The standard InChI is InChI=1S/C42H54N6O8/c1-6-47-18-17-31(22-38(47)50)39(51)45-36-21-29-11-15-34(16-12-29)56-25-32(19-26(2)3)44-37(49)24-48(23-30-7-8-30)42(54)27(4)43-40(52)35(46-41(36)53)20-28-9-13-33(55-5)14-10-28/h9-18,22,26-27,30,32,35-36H,6-8,19-21,23-25H2,1-5H3,(H,43,52)(H,44,49)(H,45,51)(H,46,53)/t27-,32+,35+,36+/m1/s1. The molecule has 0 unspecified atom stereocenters. The van der Waals surface area contributed by atoms with E-state index in [4.69, 9.17) is 9.47 Å². The SMILES string of the molecule is CCn1ccc(C(=O)N[C@H]2Cc3ccc(cc3)OC[C@H](CC(C)C)NC(=O)CN(CC3CC3)C(=O)[C@@H](C)NC(=O)[C@H](Cc3ccc(OC)cc3)NC2=O)cc1=O. The van der Waals surface area contributed by atoms with Gasteiger partial charge in [-0.25, -0.2) is 0 Å². The Morgan fingerprint density at radius 1 is 0.946 bits per heavy atom. The fourth-order valence-corrected chi connectivity index (χ4v) is 6.67. The molecular formula is C42H54N6O8. The van der Waals surface area contributed by atoms with Crippen molar-refractivity contribution < 1.29 is 33.4 Å². The number of carbonyl (C=O) groups excluding carboxylic acids is 5. The van der Waals surface area contributed by atoms with Crippen LogP contribution >= 0.6 is 0 Å². The van der Waals surface area contributed by atoms with Crippen LogP contribution in [-0.2, 0) is 38.6 Å². The van der Waals surface area contributed by atoms with E-state index in [1.807, 2.05) is 6.92 Å². The van der Waals surface area contributed by atoms with Gasteiger partial charge in [0, 0.05) is 43.8 Å². The van der Waals surface area contributed by atoms with Crippen LogP contribution in [0.4, 0.5) is 0 Å². The van der Waals surface area contributed by atoms with Crippen molar-refractivity contribution in [2.24, 2.45) is 11.8 Å². The van der Waals surface area contributed by atoms with Gasteiger partial charge in [-0.2, -0.15) is 0 Å². The molecule has 0 spiro atoms. The summed E-state index contributed by atoms with van der Waals surface area (Å²) in [5, 5.41) is 11.5. The summed E-state index contributed by atoms with van der Waals surface area (Å²) in [5.74, 6) is -0.958. The minimum absolute atomic E-state index is 0.0395. The molecular weight excluding hydrogens is 716 g/mol. The number of carbonyl (C=O) groups is 5. The molecule has 14 heteroatoms. The molecule has 0 radical (unpaired) electrons. The number of benzene rings is 2. The van der Waals surface area contributed by atoms with Crippen molar-refractivity contribution >= 4 is 29.5 Å². The third-order valence-electron chi connectivity index (χ3n) is 9.94. The number of fused-ring (bicyclic) bond motifs is 17. The van der Waals surface area contributed by atoms with Crippen LogP contribution in [-0.4, -0.2) is 90.0 Å². The number of amides is 5. The topological polar surface area (TPSA) is 177 Å². The summed E-state index contributed by atoms with van der Waals surface area (Å²) in [4.78, 5) is 83.3. The van der Waals surface area contributed by atoms with Gasteiger partial charge in [-0.3, -0.25) is 28.8 Å².